The van der Waals surface area contributed by atoms with Crippen molar-refractivity contribution in [2.24, 2.45) is 0 Å². The first kappa shape index (κ1) is 84.6. The summed E-state index contributed by atoms with van der Waals surface area (Å²) >= 11 is 0. The monoisotopic (exact) mass is 385 g/mol. The Kier molecular flexibility index (Phi) is 732. The maximum Gasteiger partial charge on any atom is 0 e. The second-order valence-corrected chi connectivity index (χ2v) is 0. The Bertz CT molecular complexity index is 8.04. The molecule has 0 unspecified atom stereocenters. The molecule has 0 aromatic carbocycles. The van der Waals surface area contributed by atoms with Crippen LogP contribution in [-0.2, 0) is 22.4 Å². The first-order valence-electron chi connectivity index (χ1n) is 0. The van der Waals surface area contributed by atoms with Crippen LogP contribution in [0.5, 0.6) is 0 Å². The van der Waals surface area contributed by atoms with Gasteiger partial charge in [-0.1, -0.05) is 0 Å². The van der Waals surface area contributed by atoms with Crippen molar-refractivity contribution in [3.63, 3.8) is 0 Å². The zero-order chi connectivity index (χ0) is 0. The molecule has 0 aliphatic carbocycles. The van der Waals surface area contributed by atoms with Crippen LogP contribution in [0.3, 0.4) is 0 Å². The van der Waals surface area contributed by atoms with E-state index in [1.165, 1.54) is 0 Å². The second-order valence-electron chi connectivity index (χ2n) is 0. The predicted octanol–water partition coefficient (Wildman–Crippen LogP) is 1.46. The van der Waals surface area contributed by atoms with Crippen molar-refractivity contribution in [2.45, 2.75) is 0 Å². The van der Waals surface area contributed by atoms with Crippen LogP contribution in [0.15, 0.2) is 0 Å². The third kappa shape index (κ3) is 46.7. The third-order valence-electron chi connectivity index (χ3n) is 0. The molecule has 0 spiro atoms. The summed E-state index contributed by atoms with van der Waals surface area (Å²) in [5.74, 6) is 0. The van der Waals surface area contributed by atoms with Gasteiger partial charge < -0.3 is 0 Å². The number of halogens is 5. The molecule has 0 saturated heterocycles. The van der Waals surface area contributed by atoms with Gasteiger partial charge in [-0.3, -0.25) is 0 Å². The molecule has 1 radical (unpaired) electrons. The molecule has 0 nitrogen and oxygen atoms in total. The smallest absolute Gasteiger partial charge is 0 e. The van der Waals surface area contributed by atoms with E-state index >= 15 is 0 Å². The third-order valence-corrected chi connectivity index (χ3v) is 0. The molecule has 7 heteroatoms. The van der Waals surface area contributed by atoms with Crippen LogP contribution in [-0.4, -0.2) is 29.6 Å². The van der Waals surface area contributed by atoms with Crippen molar-refractivity contribution in [1.82, 2.24) is 0 Å². The van der Waals surface area contributed by atoms with Gasteiger partial charge in [0, 0.05) is 22.4 Å². The van der Waals surface area contributed by atoms with E-state index in [0.29, 0.717) is 0 Å². The van der Waals surface area contributed by atoms with E-state index < -0.39 is 0 Å². The Morgan fingerprint density at radius 2 is 0.429 bits per heavy atom. The van der Waals surface area contributed by atoms with Gasteiger partial charge in [0.25, 0.3) is 0 Å². The normalized spacial score (nSPS) is 0. The van der Waals surface area contributed by atoms with Gasteiger partial charge in [0.15, 0.2) is 0 Å². The molecule has 0 fully saturated rings. The summed E-state index contributed by atoms with van der Waals surface area (Å²) in [7, 11) is 0. The summed E-state index contributed by atoms with van der Waals surface area (Å²) in [4.78, 5) is 0. The molecule has 0 amide bonds. The van der Waals surface area contributed by atoms with Crippen molar-refractivity contribution in [3.05, 3.63) is 0 Å². The topological polar surface area (TPSA) is 0 Å². The quantitative estimate of drug-likeness (QED) is 0.553. The molecule has 0 aliphatic rings. The Morgan fingerprint density at radius 1 is 0.429 bits per heavy atom. The molecule has 0 aliphatic heterocycles. The minimum Gasteiger partial charge on any atom is 0 e. The van der Waals surface area contributed by atoms with Crippen LogP contribution < -0.4 is 0 Å². The fourth-order valence-corrected chi connectivity index (χ4v) is 0. The molecule has 47 valence electrons. The second kappa shape index (κ2) is 60.6. The van der Waals surface area contributed by atoms with Crippen LogP contribution in [0.4, 0.5) is 0 Å². The van der Waals surface area contributed by atoms with Crippen molar-refractivity contribution in [3.8, 4) is 0 Å². The van der Waals surface area contributed by atoms with E-state index in [1.54, 1.807) is 0 Å². The van der Waals surface area contributed by atoms with Gasteiger partial charge in [-0.2, -0.15) is 0 Å². The zero-order valence-electron chi connectivity index (χ0n) is 2.49. The molecule has 0 aromatic heterocycles. The van der Waals surface area contributed by atoms with Gasteiger partial charge in [-0.25, -0.2) is 0 Å². The number of hydrogen-bond acceptors (Lipinski definition) is 0. The first-order valence-corrected chi connectivity index (χ1v) is 0. The van der Waals surface area contributed by atoms with Crippen LogP contribution in [0, 0.1) is 0 Å². The van der Waals surface area contributed by atoms with Gasteiger partial charge in [0.1, 0.15) is 0 Å². The minimum atomic E-state index is 0. The summed E-state index contributed by atoms with van der Waals surface area (Å²) in [5.41, 5.74) is 0. The molecule has 0 atom stereocenters. The molecule has 0 aromatic rings. The van der Waals surface area contributed by atoms with Crippen LogP contribution in [0.2, 0.25) is 0 Å². The number of hydrogen-bond donors (Lipinski definition) is 0. The minimum absolute atomic E-state index is 0. The van der Waals surface area contributed by atoms with Crippen molar-refractivity contribution in [1.29, 1.82) is 0 Å². The van der Waals surface area contributed by atoms with Crippen molar-refractivity contribution in [2.75, 3.05) is 0 Å². The summed E-state index contributed by atoms with van der Waals surface area (Å²) in [6, 6.07) is 0. The Balaban J connectivity index is 0. The van der Waals surface area contributed by atoms with Crippen LogP contribution in [0.1, 0.15) is 0 Å². The fraction of sp³-hybridized carbons (Fsp3) is 0. The average Bonchev–Trinajstić information content (AvgIpc) is 0. The van der Waals surface area contributed by atoms with Gasteiger partial charge in [-0.15, -0.1) is 62.0 Å². The molecule has 0 N–H and O–H groups in total. The molecule has 0 rings (SSSR count). The maximum atomic E-state index is 0. The molecule has 0 heterocycles. The van der Waals surface area contributed by atoms with Crippen LogP contribution >= 0.6 is 62.0 Å². The average molecular weight is 387 g/mol. The fourth-order valence-electron chi connectivity index (χ4n) is 0. The Labute approximate surface area is 112 Å². The van der Waals surface area contributed by atoms with Crippen LogP contribution in [0.25, 0.3) is 0 Å². The van der Waals surface area contributed by atoms with E-state index in [-0.39, 0.29) is 114 Å². The largest absolute Gasteiger partial charge is 0 e. The van der Waals surface area contributed by atoms with E-state index in [1.807, 2.05) is 0 Å². The van der Waals surface area contributed by atoms with Crippen molar-refractivity contribution < 1.29 is 22.4 Å². The predicted molar refractivity (Wildman–Crippen MR) is 43.4 cm³/mol. The van der Waals surface area contributed by atoms with Gasteiger partial charge >= 0.3 is 29.6 Å². The molecular formula is H6Cl5NaTa. The molecule has 0 bridgehead atoms. The van der Waals surface area contributed by atoms with E-state index in [9.17, 15) is 0 Å². The summed E-state index contributed by atoms with van der Waals surface area (Å²) < 4.78 is 0. The van der Waals surface area contributed by atoms with E-state index in [4.69, 9.17) is 0 Å². The van der Waals surface area contributed by atoms with Gasteiger partial charge in [0.05, 0.1) is 0 Å². The summed E-state index contributed by atoms with van der Waals surface area (Å²) in [6.45, 7) is 0. The van der Waals surface area contributed by atoms with Gasteiger partial charge in [0.2, 0.25) is 0 Å². The first-order chi connectivity index (χ1) is 0. The summed E-state index contributed by atoms with van der Waals surface area (Å²) in [5, 5.41) is 0. The zero-order valence-corrected chi connectivity index (χ0v) is 9.78. The number of rotatable bonds is 0. The Morgan fingerprint density at radius 3 is 0.429 bits per heavy atom. The van der Waals surface area contributed by atoms with E-state index in [0.717, 1.165) is 0 Å². The Hall–Kier alpha value is 3.19. The SMILES string of the molecule is Cl.Cl.Cl.Cl.Cl.[NaH].[Ta]. The maximum absolute atomic E-state index is 0. The molecular weight excluding hydrogens is 381 g/mol. The standard InChI is InChI=1S/5ClH.Na.Ta.H/h5*1H;;;. The molecule has 0 saturated carbocycles. The van der Waals surface area contributed by atoms with Crippen molar-refractivity contribution >= 4 is 91.6 Å². The van der Waals surface area contributed by atoms with Gasteiger partial charge in [-0.05, 0) is 0 Å². The van der Waals surface area contributed by atoms with E-state index in [2.05, 4.69) is 0 Å². The molecule has 7 heavy (non-hydrogen) atoms. The summed E-state index contributed by atoms with van der Waals surface area (Å²) in [6.07, 6.45) is 0.